The zero-order valence-corrected chi connectivity index (χ0v) is 15.5. The number of carbonyl (C=O) groups excluding carboxylic acids is 1. The molecule has 136 valence electrons. The molecule has 2 rings (SSSR count). The van der Waals surface area contributed by atoms with E-state index in [1.54, 1.807) is 4.90 Å². The minimum Gasteiger partial charge on any atom is -0.379 e. The van der Waals surface area contributed by atoms with Crippen LogP contribution in [0.5, 0.6) is 0 Å². The predicted octanol–water partition coefficient (Wildman–Crippen LogP) is 2.37. The average Bonchev–Trinajstić information content (AvgIpc) is 2.87. The lowest BCUT2D eigenvalue weighted by molar-refractivity contribution is 0.0182. The van der Waals surface area contributed by atoms with Gasteiger partial charge in [-0.15, -0.1) is 0 Å². The molecule has 1 aromatic heterocycles. The number of rotatable bonds is 6. The van der Waals surface area contributed by atoms with E-state index in [4.69, 9.17) is 9.26 Å². The van der Waals surface area contributed by atoms with Crippen LogP contribution in [0, 0.1) is 12.3 Å². The molecule has 1 aliphatic heterocycles. The van der Waals surface area contributed by atoms with E-state index in [2.05, 4.69) is 29.2 Å². The molecule has 0 unspecified atom stereocenters. The fourth-order valence-electron chi connectivity index (χ4n) is 3.15. The van der Waals surface area contributed by atoms with Gasteiger partial charge in [0.15, 0.2) is 5.76 Å². The van der Waals surface area contributed by atoms with Gasteiger partial charge in [-0.2, -0.15) is 0 Å². The van der Waals surface area contributed by atoms with Gasteiger partial charge in [0.25, 0.3) is 0 Å². The van der Waals surface area contributed by atoms with Crippen LogP contribution in [-0.4, -0.2) is 67.4 Å². The van der Waals surface area contributed by atoms with E-state index in [-0.39, 0.29) is 11.4 Å². The third-order valence-corrected chi connectivity index (χ3v) is 4.25. The molecule has 1 saturated heterocycles. The van der Waals surface area contributed by atoms with Crippen LogP contribution in [0.2, 0.25) is 0 Å². The maximum absolute atomic E-state index is 12.5. The number of morpholine rings is 1. The predicted molar refractivity (Wildman–Crippen MR) is 93.3 cm³/mol. The smallest absolute Gasteiger partial charge is 0.321 e. The normalized spacial score (nSPS) is 16.2. The van der Waals surface area contributed by atoms with E-state index in [0.29, 0.717) is 30.1 Å². The van der Waals surface area contributed by atoms with E-state index in [0.717, 1.165) is 32.8 Å². The first kappa shape index (κ1) is 18.7. The maximum atomic E-state index is 12.5. The summed E-state index contributed by atoms with van der Waals surface area (Å²) in [5, 5.41) is 6.86. The van der Waals surface area contributed by atoms with Crippen molar-refractivity contribution in [1.82, 2.24) is 15.0 Å². The van der Waals surface area contributed by atoms with Gasteiger partial charge in [0, 0.05) is 39.6 Å². The zero-order chi connectivity index (χ0) is 17.7. The van der Waals surface area contributed by atoms with Gasteiger partial charge in [0.1, 0.15) is 11.4 Å². The highest BCUT2D eigenvalue weighted by molar-refractivity contribution is 5.90. The molecule has 0 atom stereocenters. The lowest BCUT2D eigenvalue weighted by Crippen LogP contribution is -2.47. The van der Waals surface area contributed by atoms with Crippen LogP contribution in [-0.2, 0) is 11.2 Å². The quantitative estimate of drug-likeness (QED) is 0.862. The third-order valence-electron chi connectivity index (χ3n) is 4.25. The highest BCUT2D eigenvalue weighted by atomic mass is 16.5. The van der Waals surface area contributed by atoms with E-state index in [1.807, 2.05) is 20.9 Å². The summed E-state index contributed by atoms with van der Waals surface area (Å²) >= 11 is 0. The SMILES string of the molecule is CCc1onc(C)c1NC(=O)N(C)CC(C)(C)CN1CCOCC1. The van der Waals surface area contributed by atoms with Crippen LogP contribution in [0.3, 0.4) is 0 Å². The van der Waals surface area contributed by atoms with Crippen molar-refractivity contribution in [2.24, 2.45) is 5.41 Å². The Kier molecular flexibility index (Phi) is 6.23. The monoisotopic (exact) mass is 338 g/mol. The molecule has 0 saturated carbocycles. The average molecular weight is 338 g/mol. The molecule has 1 N–H and O–H groups in total. The van der Waals surface area contributed by atoms with Gasteiger partial charge in [0.05, 0.1) is 13.2 Å². The molecular weight excluding hydrogens is 308 g/mol. The number of nitrogens with zero attached hydrogens (tertiary/aromatic N) is 3. The number of urea groups is 1. The Bertz CT molecular complexity index is 550. The Morgan fingerprint density at radius 2 is 2.04 bits per heavy atom. The van der Waals surface area contributed by atoms with Crippen LogP contribution >= 0.6 is 0 Å². The van der Waals surface area contributed by atoms with Crippen LogP contribution < -0.4 is 5.32 Å². The van der Waals surface area contributed by atoms with Crippen molar-refractivity contribution >= 4 is 11.7 Å². The van der Waals surface area contributed by atoms with Gasteiger partial charge in [0.2, 0.25) is 0 Å². The number of nitrogens with one attached hydrogen (secondary N) is 1. The molecule has 0 aliphatic carbocycles. The van der Waals surface area contributed by atoms with E-state index < -0.39 is 0 Å². The second-order valence-corrected chi connectivity index (χ2v) is 7.26. The molecule has 7 heteroatoms. The topological polar surface area (TPSA) is 70.8 Å². The van der Waals surface area contributed by atoms with Crippen molar-refractivity contribution in [3.05, 3.63) is 11.5 Å². The number of anilines is 1. The number of ether oxygens (including phenoxy) is 1. The summed E-state index contributed by atoms with van der Waals surface area (Å²) < 4.78 is 10.6. The molecule has 1 aromatic rings. The maximum Gasteiger partial charge on any atom is 0.321 e. The van der Waals surface area contributed by atoms with Crippen molar-refractivity contribution in [3.8, 4) is 0 Å². The molecule has 0 spiro atoms. The Morgan fingerprint density at radius 1 is 1.38 bits per heavy atom. The standard InChI is InChI=1S/C17H30N4O3/c1-6-14-15(13(2)19-24-14)18-16(22)20(5)11-17(3,4)12-21-7-9-23-10-8-21/h6-12H2,1-5H3,(H,18,22). The Labute approximate surface area is 144 Å². The summed E-state index contributed by atoms with van der Waals surface area (Å²) in [4.78, 5) is 16.6. The second-order valence-electron chi connectivity index (χ2n) is 7.26. The molecule has 2 amide bonds. The first-order chi connectivity index (χ1) is 11.3. The number of carbonyl (C=O) groups is 1. The van der Waals surface area contributed by atoms with E-state index in [1.165, 1.54) is 0 Å². The van der Waals surface area contributed by atoms with Crippen molar-refractivity contribution in [1.29, 1.82) is 0 Å². The number of hydrogen-bond donors (Lipinski definition) is 1. The number of aromatic nitrogens is 1. The highest BCUT2D eigenvalue weighted by Crippen LogP contribution is 2.23. The second kappa shape index (κ2) is 7.98. The number of amides is 2. The summed E-state index contributed by atoms with van der Waals surface area (Å²) in [6.07, 6.45) is 0.697. The van der Waals surface area contributed by atoms with Crippen LogP contribution in [0.25, 0.3) is 0 Å². The molecule has 0 bridgehead atoms. The van der Waals surface area contributed by atoms with Crippen LogP contribution in [0.15, 0.2) is 4.52 Å². The lowest BCUT2D eigenvalue weighted by Gasteiger charge is -2.37. The number of aryl methyl sites for hydroxylation is 2. The molecular formula is C17H30N4O3. The van der Waals surface area contributed by atoms with Crippen LogP contribution in [0.1, 0.15) is 32.2 Å². The van der Waals surface area contributed by atoms with Gasteiger partial charge < -0.3 is 19.5 Å². The van der Waals surface area contributed by atoms with Gasteiger partial charge in [-0.25, -0.2) is 4.79 Å². The molecule has 0 radical (unpaired) electrons. The van der Waals surface area contributed by atoms with Crippen molar-refractivity contribution in [2.75, 3.05) is 51.8 Å². The first-order valence-electron chi connectivity index (χ1n) is 8.60. The summed E-state index contributed by atoms with van der Waals surface area (Å²) in [7, 11) is 1.82. The largest absolute Gasteiger partial charge is 0.379 e. The van der Waals surface area contributed by atoms with Gasteiger partial charge in [-0.1, -0.05) is 25.9 Å². The van der Waals surface area contributed by atoms with Crippen molar-refractivity contribution in [2.45, 2.75) is 34.1 Å². The first-order valence-corrected chi connectivity index (χ1v) is 8.60. The van der Waals surface area contributed by atoms with Gasteiger partial charge >= 0.3 is 6.03 Å². The summed E-state index contributed by atoms with van der Waals surface area (Å²) in [5.74, 6) is 0.710. The zero-order valence-electron chi connectivity index (χ0n) is 15.5. The minimum atomic E-state index is -0.133. The number of hydrogen-bond acceptors (Lipinski definition) is 5. The lowest BCUT2D eigenvalue weighted by atomic mass is 9.92. The highest BCUT2D eigenvalue weighted by Gasteiger charge is 2.27. The summed E-state index contributed by atoms with van der Waals surface area (Å²) in [6, 6.07) is -0.133. The fraction of sp³-hybridized carbons (Fsp3) is 0.765. The van der Waals surface area contributed by atoms with E-state index >= 15 is 0 Å². The Hall–Kier alpha value is -1.60. The van der Waals surface area contributed by atoms with Crippen molar-refractivity contribution < 1.29 is 14.1 Å². The Morgan fingerprint density at radius 3 is 2.67 bits per heavy atom. The summed E-state index contributed by atoms with van der Waals surface area (Å²) in [5.41, 5.74) is 1.40. The molecule has 24 heavy (non-hydrogen) atoms. The molecule has 2 heterocycles. The van der Waals surface area contributed by atoms with E-state index in [9.17, 15) is 4.79 Å². The van der Waals surface area contributed by atoms with Crippen molar-refractivity contribution in [3.63, 3.8) is 0 Å². The third kappa shape index (κ3) is 4.95. The molecule has 7 nitrogen and oxygen atoms in total. The fourth-order valence-corrected chi connectivity index (χ4v) is 3.15. The van der Waals surface area contributed by atoms with Crippen LogP contribution in [0.4, 0.5) is 10.5 Å². The Balaban J connectivity index is 1.91. The molecule has 1 aliphatic rings. The molecule has 1 fully saturated rings. The molecule has 0 aromatic carbocycles. The van der Waals surface area contributed by atoms with Gasteiger partial charge in [-0.3, -0.25) is 4.90 Å². The summed E-state index contributed by atoms with van der Waals surface area (Å²) in [6.45, 7) is 13.3. The van der Waals surface area contributed by atoms with Gasteiger partial charge in [-0.05, 0) is 12.3 Å². The minimum absolute atomic E-state index is 0.000702.